The fourth-order valence-corrected chi connectivity index (χ4v) is 1.71. The molecule has 1 aliphatic carbocycles. The predicted molar refractivity (Wildman–Crippen MR) is 57.6 cm³/mol. The van der Waals surface area contributed by atoms with Gasteiger partial charge in [0.1, 0.15) is 5.60 Å². The average Bonchev–Trinajstić information content (AvgIpc) is 1.95. The van der Waals surface area contributed by atoms with Gasteiger partial charge in [0.2, 0.25) is 0 Å². The largest absolute Gasteiger partial charge is 0.444 e. The molecule has 4 heteroatoms. The van der Waals surface area contributed by atoms with Gasteiger partial charge in [0, 0.05) is 13.1 Å². The second kappa shape index (κ2) is 3.67. The molecule has 0 bridgehead atoms. The van der Waals surface area contributed by atoms with Crippen molar-refractivity contribution in [1.82, 2.24) is 4.90 Å². The van der Waals surface area contributed by atoms with Gasteiger partial charge < -0.3 is 14.7 Å². The van der Waals surface area contributed by atoms with E-state index >= 15 is 0 Å². The maximum atomic E-state index is 11.6. The minimum atomic E-state index is -0.610. The van der Waals surface area contributed by atoms with Crippen LogP contribution in [0.15, 0.2) is 0 Å². The normalized spacial score (nSPS) is 30.7. The van der Waals surface area contributed by atoms with Crippen molar-refractivity contribution >= 4 is 6.09 Å². The van der Waals surface area contributed by atoms with Gasteiger partial charge >= 0.3 is 6.09 Å². The maximum absolute atomic E-state index is 11.6. The number of nitrogens with zero attached hydrogens (tertiary/aromatic N) is 1. The minimum absolute atomic E-state index is 0.106. The van der Waals surface area contributed by atoms with E-state index in [0.29, 0.717) is 12.8 Å². The van der Waals surface area contributed by atoms with Crippen LogP contribution in [-0.4, -0.2) is 40.4 Å². The Kier molecular flexibility index (Phi) is 3.01. The van der Waals surface area contributed by atoms with Crippen molar-refractivity contribution in [3.8, 4) is 0 Å². The van der Waals surface area contributed by atoms with Gasteiger partial charge in [0.25, 0.3) is 0 Å². The van der Waals surface area contributed by atoms with Gasteiger partial charge in [-0.2, -0.15) is 0 Å². The molecule has 1 rings (SSSR count). The van der Waals surface area contributed by atoms with E-state index in [-0.39, 0.29) is 12.1 Å². The first-order chi connectivity index (χ1) is 6.61. The van der Waals surface area contributed by atoms with Crippen LogP contribution in [-0.2, 0) is 4.74 Å². The van der Waals surface area contributed by atoms with E-state index in [1.807, 2.05) is 20.8 Å². The van der Waals surface area contributed by atoms with E-state index in [2.05, 4.69) is 0 Å². The second-order valence-corrected chi connectivity index (χ2v) is 5.65. The van der Waals surface area contributed by atoms with Gasteiger partial charge in [-0.25, -0.2) is 4.79 Å². The molecule has 1 amide bonds. The van der Waals surface area contributed by atoms with Crippen molar-refractivity contribution < 1.29 is 14.6 Å². The number of carbonyl (C=O) groups is 1. The van der Waals surface area contributed by atoms with Crippen molar-refractivity contribution in [2.45, 2.75) is 57.8 Å². The number of amides is 1. The lowest BCUT2D eigenvalue weighted by Crippen LogP contribution is -2.54. The smallest absolute Gasteiger partial charge is 0.410 e. The Morgan fingerprint density at radius 2 is 1.93 bits per heavy atom. The third-order valence-corrected chi connectivity index (χ3v) is 2.58. The van der Waals surface area contributed by atoms with Gasteiger partial charge in [-0.05, 0) is 40.5 Å². The molecule has 0 heterocycles. The highest BCUT2D eigenvalue weighted by molar-refractivity contribution is 5.68. The summed E-state index contributed by atoms with van der Waals surface area (Å²) < 4.78 is 5.23. The summed E-state index contributed by atoms with van der Waals surface area (Å²) in [6, 6.07) is 0.106. The van der Waals surface area contributed by atoms with Crippen molar-refractivity contribution in [3.63, 3.8) is 0 Å². The molecule has 15 heavy (non-hydrogen) atoms. The summed E-state index contributed by atoms with van der Waals surface area (Å²) in [7, 11) is 1.72. The van der Waals surface area contributed by atoms with Crippen LogP contribution in [0, 0.1) is 0 Å². The molecular weight excluding hydrogens is 194 g/mol. The lowest BCUT2D eigenvalue weighted by atomic mass is 9.77. The zero-order valence-corrected chi connectivity index (χ0v) is 10.2. The molecule has 1 aliphatic rings. The lowest BCUT2D eigenvalue weighted by Gasteiger charge is -2.45. The Labute approximate surface area is 91.2 Å². The molecule has 0 aliphatic heterocycles. The third-order valence-electron chi connectivity index (χ3n) is 2.58. The summed E-state index contributed by atoms with van der Waals surface area (Å²) in [4.78, 5) is 13.2. The van der Waals surface area contributed by atoms with Gasteiger partial charge in [-0.1, -0.05) is 0 Å². The average molecular weight is 215 g/mol. The molecule has 88 valence electrons. The first-order valence-corrected chi connectivity index (χ1v) is 5.29. The van der Waals surface area contributed by atoms with Gasteiger partial charge in [-0.15, -0.1) is 0 Å². The highest BCUT2D eigenvalue weighted by atomic mass is 16.6. The first-order valence-electron chi connectivity index (χ1n) is 5.29. The number of rotatable bonds is 1. The Morgan fingerprint density at radius 1 is 1.47 bits per heavy atom. The molecule has 0 aromatic rings. The fraction of sp³-hybridized carbons (Fsp3) is 0.909. The second-order valence-electron chi connectivity index (χ2n) is 5.65. The topological polar surface area (TPSA) is 49.8 Å². The highest BCUT2D eigenvalue weighted by Gasteiger charge is 2.42. The van der Waals surface area contributed by atoms with Crippen molar-refractivity contribution in [2.75, 3.05) is 7.05 Å². The van der Waals surface area contributed by atoms with E-state index in [1.54, 1.807) is 18.9 Å². The maximum Gasteiger partial charge on any atom is 0.410 e. The van der Waals surface area contributed by atoms with E-state index in [4.69, 9.17) is 4.74 Å². The van der Waals surface area contributed by atoms with Crippen molar-refractivity contribution in [1.29, 1.82) is 0 Å². The van der Waals surface area contributed by atoms with E-state index in [1.165, 1.54) is 0 Å². The van der Waals surface area contributed by atoms with Gasteiger partial charge in [0.05, 0.1) is 5.60 Å². The number of hydrogen-bond acceptors (Lipinski definition) is 3. The first kappa shape index (κ1) is 12.3. The molecule has 1 saturated carbocycles. The summed E-state index contributed by atoms with van der Waals surface area (Å²) in [5, 5.41) is 9.57. The van der Waals surface area contributed by atoms with Gasteiger partial charge in [0.15, 0.2) is 0 Å². The lowest BCUT2D eigenvalue weighted by molar-refractivity contribution is -0.0741. The monoisotopic (exact) mass is 215 g/mol. The molecule has 1 N–H and O–H groups in total. The SMILES string of the molecule is CN(C(=O)OC(C)(C)C)C1CC(C)(O)C1. The molecule has 0 radical (unpaired) electrons. The van der Waals surface area contributed by atoms with Crippen molar-refractivity contribution in [3.05, 3.63) is 0 Å². The Bertz CT molecular complexity index is 247. The molecule has 1 fully saturated rings. The molecule has 0 spiro atoms. The summed E-state index contributed by atoms with van der Waals surface area (Å²) in [5.74, 6) is 0. The number of ether oxygens (including phenoxy) is 1. The zero-order chi connectivity index (χ0) is 11.9. The third kappa shape index (κ3) is 3.38. The summed E-state index contributed by atoms with van der Waals surface area (Å²) in [6.07, 6.45) is 0.939. The van der Waals surface area contributed by atoms with Crippen LogP contribution >= 0.6 is 0 Å². The number of carbonyl (C=O) groups excluding carboxylic acids is 1. The highest BCUT2D eigenvalue weighted by Crippen LogP contribution is 2.35. The van der Waals surface area contributed by atoms with Crippen LogP contribution in [0.3, 0.4) is 0 Å². The van der Waals surface area contributed by atoms with E-state index in [9.17, 15) is 9.90 Å². The molecule has 0 unspecified atom stereocenters. The zero-order valence-electron chi connectivity index (χ0n) is 10.2. The van der Waals surface area contributed by atoms with Crippen LogP contribution in [0.25, 0.3) is 0 Å². The van der Waals surface area contributed by atoms with Gasteiger partial charge in [-0.3, -0.25) is 0 Å². The number of hydrogen-bond donors (Lipinski definition) is 1. The van der Waals surface area contributed by atoms with Crippen molar-refractivity contribution in [2.24, 2.45) is 0 Å². The summed E-state index contributed by atoms with van der Waals surface area (Å²) in [6.45, 7) is 7.31. The predicted octanol–water partition coefficient (Wildman–Crippen LogP) is 1.77. The van der Waals surface area contributed by atoms with E-state index < -0.39 is 11.2 Å². The fourth-order valence-electron chi connectivity index (χ4n) is 1.71. The van der Waals surface area contributed by atoms with Crippen LogP contribution in [0.2, 0.25) is 0 Å². The molecule has 0 aromatic carbocycles. The summed E-state index contributed by atoms with van der Waals surface area (Å²) >= 11 is 0. The van der Waals surface area contributed by atoms with Crippen LogP contribution in [0.5, 0.6) is 0 Å². The molecule has 0 atom stereocenters. The summed E-state index contributed by atoms with van der Waals surface area (Å²) in [5.41, 5.74) is -1.07. The van der Waals surface area contributed by atoms with Crippen LogP contribution < -0.4 is 0 Å². The number of aliphatic hydroxyl groups is 1. The molecule has 0 saturated heterocycles. The quantitative estimate of drug-likeness (QED) is 0.725. The Balaban J connectivity index is 2.42. The Hall–Kier alpha value is -0.770. The molecule has 0 aromatic heterocycles. The standard InChI is InChI=1S/C11H21NO3/c1-10(2,3)15-9(13)12(5)8-6-11(4,14)7-8/h8,14H,6-7H2,1-5H3. The minimum Gasteiger partial charge on any atom is -0.444 e. The molecule has 4 nitrogen and oxygen atoms in total. The van der Waals surface area contributed by atoms with E-state index in [0.717, 1.165) is 0 Å². The van der Waals surface area contributed by atoms with Crippen LogP contribution in [0.1, 0.15) is 40.5 Å². The van der Waals surface area contributed by atoms with Crippen LogP contribution in [0.4, 0.5) is 4.79 Å². The molecular formula is C11H21NO3. The Morgan fingerprint density at radius 3 is 2.27 bits per heavy atom.